The van der Waals surface area contributed by atoms with E-state index in [1.54, 1.807) is 17.4 Å². The van der Waals surface area contributed by atoms with Gasteiger partial charge in [-0.25, -0.2) is 4.39 Å². The van der Waals surface area contributed by atoms with Gasteiger partial charge in [0.2, 0.25) is 16.8 Å². The summed E-state index contributed by atoms with van der Waals surface area (Å²) in [6, 6.07) is 21.2. The first kappa shape index (κ1) is 17.3. The van der Waals surface area contributed by atoms with Gasteiger partial charge in [-0.2, -0.15) is 4.57 Å². The SMILES string of the molecule is Cc1sc2ccccc2[n+]1Cc1cc(F)cc2c1O[C@@H](c1ccccc1)OC2. The number of ether oxygens (including phenoxy) is 2. The molecule has 4 aromatic rings. The molecule has 0 N–H and O–H groups in total. The maximum atomic E-state index is 14.3. The number of halogens is 1. The van der Waals surface area contributed by atoms with Crippen molar-refractivity contribution in [2.24, 2.45) is 0 Å². The molecule has 0 saturated heterocycles. The Morgan fingerprint density at radius 3 is 2.71 bits per heavy atom. The van der Waals surface area contributed by atoms with Crippen LogP contribution < -0.4 is 9.30 Å². The number of aryl methyl sites for hydroxylation is 1. The minimum absolute atomic E-state index is 0.267. The van der Waals surface area contributed by atoms with E-state index in [1.807, 2.05) is 42.5 Å². The van der Waals surface area contributed by atoms with Crippen molar-refractivity contribution in [1.29, 1.82) is 0 Å². The van der Waals surface area contributed by atoms with Crippen LogP contribution in [-0.4, -0.2) is 0 Å². The molecule has 1 aliphatic heterocycles. The van der Waals surface area contributed by atoms with E-state index in [4.69, 9.17) is 9.47 Å². The molecule has 0 spiro atoms. The molecular formula is C23H19FNO2S+. The smallest absolute Gasteiger partial charge is 0.235 e. The van der Waals surface area contributed by atoms with Crippen LogP contribution in [0.1, 0.15) is 28.0 Å². The molecule has 5 heteroatoms. The van der Waals surface area contributed by atoms with E-state index in [2.05, 4.69) is 23.6 Å². The van der Waals surface area contributed by atoms with E-state index in [-0.39, 0.29) is 5.82 Å². The monoisotopic (exact) mass is 392 g/mol. The average Bonchev–Trinajstić information content (AvgIpc) is 3.03. The van der Waals surface area contributed by atoms with Gasteiger partial charge in [-0.05, 0) is 18.2 Å². The van der Waals surface area contributed by atoms with E-state index in [1.165, 1.54) is 15.8 Å². The van der Waals surface area contributed by atoms with Gasteiger partial charge in [0.15, 0.2) is 6.54 Å². The quantitative estimate of drug-likeness (QED) is 0.442. The van der Waals surface area contributed by atoms with Crippen molar-refractivity contribution < 1.29 is 18.4 Å². The second-order valence-corrected chi connectivity index (χ2v) is 8.13. The zero-order valence-corrected chi connectivity index (χ0v) is 16.2. The minimum atomic E-state index is -0.483. The molecule has 0 bridgehead atoms. The molecule has 1 aromatic heterocycles. The molecule has 28 heavy (non-hydrogen) atoms. The summed E-state index contributed by atoms with van der Waals surface area (Å²) in [5.74, 6) is 0.459. The van der Waals surface area contributed by atoms with E-state index in [0.717, 1.165) is 28.0 Å². The van der Waals surface area contributed by atoms with Gasteiger partial charge in [-0.15, -0.1) is 0 Å². The van der Waals surface area contributed by atoms with Gasteiger partial charge in [0.05, 0.1) is 12.2 Å². The zero-order chi connectivity index (χ0) is 19.1. The Labute approximate surface area is 166 Å². The van der Waals surface area contributed by atoms with Crippen molar-refractivity contribution >= 4 is 21.6 Å². The van der Waals surface area contributed by atoms with Crippen molar-refractivity contribution in [3.63, 3.8) is 0 Å². The van der Waals surface area contributed by atoms with Crippen LogP contribution in [0.5, 0.6) is 5.75 Å². The molecule has 0 unspecified atom stereocenters. The summed E-state index contributed by atoms with van der Waals surface area (Å²) in [5, 5.41) is 1.17. The molecule has 140 valence electrons. The largest absolute Gasteiger partial charge is 0.460 e. The highest BCUT2D eigenvalue weighted by Gasteiger charge is 2.28. The second-order valence-electron chi connectivity index (χ2n) is 6.90. The van der Waals surface area contributed by atoms with Crippen LogP contribution in [-0.2, 0) is 17.9 Å². The summed E-state index contributed by atoms with van der Waals surface area (Å²) < 4.78 is 29.8. The van der Waals surface area contributed by atoms with Gasteiger partial charge >= 0.3 is 0 Å². The van der Waals surface area contributed by atoms with Crippen LogP contribution >= 0.6 is 11.3 Å². The first-order valence-electron chi connectivity index (χ1n) is 9.21. The summed E-state index contributed by atoms with van der Waals surface area (Å²) in [4.78, 5) is 0. The Bertz CT molecular complexity index is 1160. The van der Waals surface area contributed by atoms with Crippen molar-refractivity contribution in [3.05, 3.63) is 94.2 Å². The molecule has 2 heterocycles. The molecule has 0 amide bonds. The van der Waals surface area contributed by atoms with E-state index >= 15 is 0 Å². The first-order valence-corrected chi connectivity index (χ1v) is 10.0. The van der Waals surface area contributed by atoms with E-state index in [0.29, 0.717) is 13.2 Å². The Morgan fingerprint density at radius 2 is 1.86 bits per heavy atom. The topological polar surface area (TPSA) is 22.3 Å². The zero-order valence-electron chi connectivity index (χ0n) is 15.4. The normalized spacial score (nSPS) is 16.0. The van der Waals surface area contributed by atoms with Crippen molar-refractivity contribution in [2.45, 2.75) is 26.4 Å². The Morgan fingerprint density at radius 1 is 1.07 bits per heavy atom. The number of para-hydroxylation sites is 1. The molecule has 3 nitrogen and oxygen atoms in total. The minimum Gasteiger partial charge on any atom is -0.460 e. The highest BCUT2D eigenvalue weighted by molar-refractivity contribution is 7.18. The van der Waals surface area contributed by atoms with Crippen molar-refractivity contribution in [3.8, 4) is 5.75 Å². The molecular weight excluding hydrogens is 373 g/mol. The van der Waals surface area contributed by atoms with Crippen molar-refractivity contribution in [1.82, 2.24) is 0 Å². The van der Waals surface area contributed by atoms with E-state index in [9.17, 15) is 4.39 Å². The summed E-state index contributed by atoms with van der Waals surface area (Å²) in [5.41, 5.74) is 3.68. The van der Waals surface area contributed by atoms with Crippen LogP contribution in [0, 0.1) is 12.7 Å². The summed E-state index contributed by atoms with van der Waals surface area (Å²) in [7, 11) is 0. The van der Waals surface area contributed by atoms with Crippen LogP contribution in [0.25, 0.3) is 10.2 Å². The highest BCUT2D eigenvalue weighted by Crippen LogP contribution is 2.36. The maximum absolute atomic E-state index is 14.3. The van der Waals surface area contributed by atoms with Gasteiger partial charge < -0.3 is 9.47 Å². The lowest BCUT2D eigenvalue weighted by molar-refractivity contribution is -0.664. The van der Waals surface area contributed by atoms with Crippen molar-refractivity contribution in [2.75, 3.05) is 0 Å². The molecule has 3 aromatic carbocycles. The predicted molar refractivity (Wildman–Crippen MR) is 107 cm³/mol. The number of nitrogens with zero attached hydrogens (tertiary/aromatic N) is 1. The lowest BCUT2D eigenvalue weighted by Crippen LogP contribution is -2.36. The van der Waals surface area contributed by atoms with Crippen LogP contribution in [0.3, 0.4) is 0 Å². The molecule has 0 radical (unpaired) electrons. The number of rotatable bonds is 3. The Kier molecular flexibility index (Phi) is 4.34. The fourth-order valence-electron chi connectivity index (χ4n) is 3.69. The number of hydrogen-bond donors (Lipinski definition) is 0. The Balaban J connectivity index is 1.56. The van der Waals surface area contributed by atoms with E-state index < -0.39 is 6.29 Å². The molecule has 1 atom stereocenters. The maximum Gasteiger partial charge on any atom is 0.235 e. The van der Waals surface area contributed by atoms with Gasteiger partial charge in [0.25, 0.3) is 0 Å². The fraction of sp³-hybridized carbons (Fsp3) is 0.174. The summed E-state index contributed by atoms with van der Waals surface area (Å²) in [6.45, 7) is 2.97. The van der Waals surface area contributed by atoms with Crippen LogP contribution in [0.2, 0.25) is 0 Å². The fourth-order valence-corrected chi connectivity index (χ4v) is 4.71. The lowest BCUT2D eigenvalue weighted by atomic mass is 10.1. The average molecular weight is 392 g/mol. The third-order valence-corrected chi connectivity index (χ3v) is 6.10. The first-order chi connectivity index (χ1) is 13.7. The molecule has 1 aliphatic rings. The number of hydrogen-bond acceptors (Lipinski definition) is 3. The van der Waals surface area contributed by atoms with Crippen LogP contribution in [0.4, 0.5) is 4.39 Å². The highest BCUT2D eigenvalue weighted by atomic mass is 32.1. The number of aromatic nitrogens is 1. The van der Waals surface area contributed by atoms with Crippen LogP contribution in [0.15, 0.2) is 66.7 Å². The molecule has 0 aliphatic carbocycles. The Hall–Kier alpha value is -2.76. The third kappa shape index (κ3) is 3.07. The summed E-state index contributed by atoms with van der Waals surface area (Å²) in [6.07, 6.45) is -0.483. The second kappa shape index (κ2) is 7.00. The predicted octanol–water partition coefficient (Wildman–Crippen LogP) is 5.29. The molecule has 0 fully saturated rings. The van der Waals surface area contributed by atoms with Gasteiger partial charge in [-0.1, -0.05) is 53.8 Å². The third-order valence-electron chi connectivity index (χ3n) is 5.02. The lowest BCUT2D eigenvalue weighted by Gasteiger charge is -2.28. The van der Waals surface area contributed by atoms with Gasteiger partial charge in [-0.3, -0.25) is 0 Å². The standard InChI is InChI=1S/C23H19FNO2S/c1-15-25(20-9-5-6-10-21(20)28-15)13-17-11-19(24)12-18-14-26-23(27-22(17)18)16-7-3-2-4-8-16/h2-12,23H,13-14H2,1H3/q+1/t23-/m0/s1. The number of benzene rings is 3. The summed E-state index contributed by atoms with van der Waals surface area (Å²) >= 11 is 1.74. The molecule has 0 saturated carbocycles. The van der Waals surface area contributed by atoms with Gasteiger partial charge in [0.1, 0.15) is 16.3 Å². The number of thiazole rings is 1. The van der Waals surface area contributed by atoms with Gasteiger partial charge in [0, 0.05) is 24.1 Å². The molecule has 5 rings (SSSR count). The number of fused-ring (bicyclic) bond motifs is 2.